The molecule has 0 aliphatic rings. The van der Waals surface area contributed by atoms with Gasteiger partial charge in [-0.2, -0.15) is 0 Å². The van der Waals surface area contributed by atoms with Crippen molar-refractivity contribution < 1.29 is 14.6 Å². The van der Waals surface area contributed by atoms with Crippen molar-refractivity contribution in [1.29, 1.82) is 0 Å². The number of methoxy groups -OCH3 is 2. The Balaban J connectivity index is 1.81. The highest BCUT2D eigenvalue weighted by molar-refractivity contribution is 5.29. The van der Waals surface area contributed by atoms with Crippen LogP contribution in [0.1, 0.15) is 24.2 Å². The summed E-state index contributed by atoms with van der Waals surface area (Å²) in [6.45, 7) is 2.63. The third-order valence-corrected chi connectivity index (χ3v) is 3.86. The van der Waals surface area contributed by atoms with E-state index in [4.69, 9.17) is 9.47 Å². The molecule has 0 radical (unpaired) electrons. The van der Waals surface area contributed by atoms with Gasteiger partial charge in [-0.25, -0.2) is 0 Å². The number of aliphatic hydroxyl groups is 1. The maximum Gasteiger partial charge on any atom is 0.118 e. The van der Waals surface area contributed by atoms with Crippen LogP contribution in [0.2, 0.25) is 0 Å². The van der Waals surface area contributed by atoms with Crippen molar-refractivity contribution in [2.24, 2.45) is 0 Å². The topological polar surface area (TPSA) is 50.7 Å². The van der Waals surface area contributed by atoms with Gasteiger partial charge in [0.25, 0.3) is 0 Å². The molecule has 124 valence electrons. The molecular formula is C19H25NO3. The van der Waals surface area contributed by atoms with Gasteiger partial charge in [-0.05, 0) is 48.7 Å². The summed E-state index contributed by atoms with van der Waals surface area (Å²) in [7, 11) is 3.30. The summed E-state index contributed by atoms with van der Waals surface area (Å²) in [6, 6.07) is 15.8. The number of benzene rings is 2. The predicted molar refractivity (Wildman–Crippen MR) is 92.1 cm³/mol. The summed E-state index contributed by atoms with van der Waals surface area (Å²) in [5.41, 5.74) is 2.12. The zero-order valence-electron chi connectivity index (χ0n) is 14.0. The molecule has 23 heavy (non-hydrogen) atoms. The highest BCUT2D eigenvalue weighted by atomic mass is 16.5. The molecular weight excluding hydrogens is 290 g/mol. The van der Waals surface area contributed by atoms with Crippen LogP contribution < -0.4 is 14.8 Å². The molecule has 0 saturated carbocycles. The molecule has 0 saturated heterocycles. The summed E-state index contributed by atoms with van der Waals surface area (Å²) in [6.07, 6.45) is 0.374. The molecule has 0 amide bonds. The van der Waals surface area contributed by atoms with E-state index in [9.17, 15) is 5.11 Å². The second-order valence-corrected chi connectivity index (χ2v) is 5.65. The fourth-order valence-electron chi connectivity index (χ4n) is 2.44. The first kappa shape index (κ1) is 17.3. The number of hydrogen-bond acceptors (Lipinski definition) is 4. The van der Waals surface area contributed by atoms with E-state index in [0.29, 0.717) is 6.54 Å². The van der Waals surface area contributed by atoms with Crippen molar-refractivity contribution in [2.45, 2.75) is 25.5 Å². The summed E-state index contributed by atoms with van der Waals surface area (Å²) in [4.78, 5) is 0. The molecule has 2 aromatic carbocycles. The maximum absolute atomic E-state index is 10.2. The molecule has 4 nitrogen and oxygen atoms in total. The van der Waals surface area contributed by atoms with E-state index in [1.165, 1.54) is 5.56 Å². The van der Waals surface area contributed by atoms with Gasteiger partial charge in [0.2, 0.25) is 0 Å². The van der Waals surface area contributed by atoms with Crippen LogP contribution in [-0.2, 0) is 6.42 Å². The molecule has 0 spiro atoms. The van der Waals surface area contributed by atoms with Crippen LogP contribution >= 0.6 is 0 Å². The van der Waals surface area contributed by atoms with Gasteiger partial charge in [0.15, 0.2) is 0 Å². The third kappa shape index (κ3) is 5.27. The molecule has 0 fully saturated rings. The predicted octanol–water partition coefficient (Wildman–Crippen LogP) is 2.96. The fraction of sp³-hybridized carbons (Fsp3) is 0.368. The SMILES string of the molecule is COc1ccc(C[C@@H](C)NC[C@H](O)c2ccc(OC)cc2)cc1. The van der Waals surface area contributed by atoms with Gasteiger partial charge in [-0.15, -0.1) is 0 Å². The number of aliphatic hydroxyl groups excluding tert-OH is 1. The quantitative estimate of drug-likeness (QED) is 0.786. The molecule has 2 aromatic rings. The number of nitrogens with one attached hydrogen (secondary N) is 1. The molecule has 2 atom stereocenters. The zero-order valence-corrected chi connectivity index (χ0v) is 14.0. The molecule has 2 N–H and O–H groups in total. The van der Waals surface area contributed by atoms with Crippen LogP contribution in [0.3, 0.4) is 0 Å². The summed E-state index contributed by atoms with van der Waals surface area (Å²) < 4.78 is 10.3. The van der Waals surface area contributed by atoms with Gasteiger partial charge in [-0.3, -0.25) is 0 Å². The van der Waals surface area contributed by atoms with Crippen molar-refractivity contribution in [3.8, 4) is 11.5 Å². The number of rotatable bonds is 8. The highest BCUT2D eigenvalue weighted by Gasteiger charge is 2.10. The second-order valence-electron chi connectivity index (χ2n) is 5.65. The summed E-state index contributed by atoms with van der Waals surface area (Å²) >= 11 is 0. The third-order valence-electron chi connectivity index (χ3n) is 3.86. The number of hydrogen-bond donors (Lipinski definition) is 2. The standard InChI is InChI=1S/C19H25NO3/c1-14(12-15-4-8-17(22-2)9-5-15)20-13-19(21)16-6-10-18(23-3)11-7-16/h4-11,14,19-21H,12-13H2,1-3H3/t14-,19+/m1/s1. The van der Waals surface area contributed by atoms with Gasteiger partial charge in [0.05, 0.1) is 20.3 Å². The first-order valence-corrected chi connectivity index (χ1v) is 7.80. The van der Waals surface area contributed by atoms with Crippen molar-refractivity contribution in [2.75, 3.05) is 20.8 Å². The van der Waals surface area contributed by atoms with Crippen LogP contribution in [-0.4, -0.2) is 31.9 Å². The van der Waals surface area contributed by atoms with Crippen molar-refractivity contribution in [3.63, 3.8) is 0 Å². The average molecular weight is 315 g/mol. The maximum atomic E-state index is 10.2. The van der Waals surface area contributed by atoms with E-state index in [0.717, 1.165) is 23.5 Å². The van der Waals surface area contributed by atoms with E-state index in [1.54, 1.807) is 14.2 Å². The first-order valence-electron chi connectivity index (χ1n) is 7.80. The molecule has 0 bridgehead atoms. The van der Waals surface area contributed by atoms with E-state index < -0.39 is 6.10 Å². The lowest BCUT2D eigenvalue weighted by atomic mass is 10.1. The Morgan fingerprint density at radius 2 is 1.43 bits per heavy atom. The lowest BCUT2D eigenvalue weighted by Crippen LogP contribution is -2.32. The molecule has 0 aliphatic heterocycles. The average Bonchev–Trinajstić information content (AvgIpc) is 2.60. The Hall–Kier alpha value is -2.04. The van der Waals surface area contributed by atoms with Gasteiger partial charge in [0, 0.05) is 12.6 Å². The van der Waals surface area contributed by atoms with E-state index >= 15 is 0 Å². The highest BCUT2D eigenvalue weighted by Crippen LogP contribution is 2.17. The zero-order chi connectivity index (χ0) is 16.7. The fourth-order valence-corrected chi connectivity index (χ4v) is 2.44. The Kier molecular flexibility index (Phi) is 6.44. The van der Waals surface area contributed by atoms with E-state index in [1.807, 2.05) is 36.4 Å². The van der Waals surface area contributed by atoms with E-state index in [-0.39, 0.29) is 6.04 Å². The minimum atomic E-state index is -0.528. The molecule has 0 heterocycles. The minimum Gasteiger partial charge on any atom is -0.497 e. The van der Waals surface area contributed by atoms with Crippen molar-refractivity contribution in [3.05, 3.63) is 59.7 Å². The van der Waals surface area contributed by atoms with Crippen LogP contribution in [0.4, 0.5) is 0 Å². The van der Waals surface area contributed by atoms with E-state index in [2.05, 4.69) is 24.4 Å². The normalized spacial score (nSPS) is 13.4. The van der Waals surface area contributed by atoms with Gasteiger partial charge in [0.1, 0.15) is 11.5 Å². The van der Waals surface area contributed by atoms with Crippen molar-refractivity contribution >= 4 is 0 Å². The first-order chi connectivity index (χ1) is 11.1. The minimum absolute atomic E-state index is 0.274. The molecule has 0 aliphatic carbocycles. The second kappa shape index (κ2) is 8.56. The van der Waals surface area contributed by atoms with Gasteiger partial charge in [-0.1, -0.05) is 24.3 Å². The summed E-state index contributed by atoms with van der Waals surface area (Å²) in [5.74, 6) is 1.66. The molecule has 4 heteroatoms. The Morgan fingerprint density at radius 3 is 1.96 bits per heavy atom. The number of ether oxygens (including phenoxy) is 2. The Bertz CT molecular complexity index is 581. The lowest BCUT2D eigenvalue weighted by Gasteiger charge is -2.18. The smallest absolute Gasteiger partial charge is 0.118 e. The van der Waals surface area contributed by atoms with Gasteiger partial charge >= 0.3 is 0 Å². The molecule has 0 aromatic heterocycles. The largest absolute Gasteiger partial charge is 0.497 e. The Morgan fingerprint density at radius 1 is 0.913 bits per heavy atom. The molecule has 2 rings (SSSR count). The lowest BCUT2D eigenvalue weighted by molar-refractivity contribution is 0.170. The molecule has 0 unspecified atom stereocenters. The summed E-state index contributed by atoms with van der Waals surface area (Å²) in [5, 5.41) is 13.6. The van der Waals surface area contributed by atoms with Crippen LogP contribution in [0.15, 0.2) is 48.5 Å². The Labute approximate surface area is 138 Å². The van der Waals surface area contributed by atoms with Crippen LogP contribution in [0.25, 0.3) is 0 Å². The van der Waals surface area contributed by atoms with Crippen molar-refractivity contribution in [1.82, 2.24) is 5.32 Å². The van der Waals surface area contributed by atoms with Gasteiger partial charge < -0.3 is 19.9 Å². The van der Waals surface area contributed by atoms with Crippen LogP contribution in [0, 0.1) is 0 Å². The van der Waals surface area contributed by atoms with Crippen LogP contribution in [0.5, 0.6) is 11.5 Å². The monoisotopic (exact) mass is 315 g/mol.